The summed E-state index contributed by atoms with van der Waals surface area (Å²) in [5.74, 6) is 0.466. The number of aromatic nitrogens is 1. The van der Waals surface area contributed by atoms with E-state index in [1.165, 1.54) is 0 Å². The zero-order valence-electron chi connectivity index (χ0n) is 10.5. The smallest absolute Gasteiger partial charge is 0.225 e. The predicted molar refractivity (Wildman–Crippen MR) is 66.6 cm³/mol. The third-order valence-corrected chi connectivity index (χ3v) is 2.41. The lowest BCUT2D eigenvalue weighted by Crippen LogP contribution is -2.18. The van der Waals surface area contributed by atoms with E-state index < -0.39 is 0 Å². The summed E-state index contributed by atoms with van der Waals surface area (Å²) in [6, 6.07) is 1.88. The Morgan fingerprint density at radius 1 is 1.53 bits per heavy atom. The Labute approximate surface area is 101 Å². The van der Waals surface area contributed by atoms with Crippen molar-refractivity contribution in [2.45, 2.75) is 33.6 Å². The molecule has 5 heteroatoms. The Morgan fingerprint density at radius 2 is 2.24 bits per heavy atom. The second-order valence-corrected chi connectivity index (χ2v) is 3.95. The molecule has 3 N–H and O–H groups in total. The summed E-state index contributed by atoms with van der Waals surface area (Å²) < 4.78 is 5.58. The monoisotopic (exact) mass is 237 g/mol. The minimum atomic E-state index is 0.0292. The van der Waals surface area contributed by atoms with Crippen molar-refractivity contribution in [1.29, 1.82) is 0 Å². The molecule has 0 radical (unpaired) electrons. The number of nitrogens with two attached hydrogens (primary N) is 1. The van der Waals surface area contributed by atoms with Gasteiger partial charge in [0.25, 0.3) is 0 Å². The van der Waals surface area contributed by atoms with Gasteiger partial charge < -0.3 is 15.7 Å². The Hall–Kier alpha value is -1.78. The molecule has 0 spiro atoms. The summed E-state index contributed by atoms with van der Waals surface area (Å²) in [5, 5.41) is 11.8. The second kappa shape index (κ2) is 6.08. The molecule has 1 heterocycles. The molecule has 0 aromatic carbocycles. The molecule has 0 aliphatic rings. The Kier molecular flexibility index (Phi) is 4.75. The van der Waals surface area contributed by atoms with Crippen LogP contribution in [-0.2, 0) is 0 Å². The quantitative estimate of drug-likeness (QED) is 0.270. The Morgan fingerprint density at radius 3 is 2.82 bits per heavy atom. The van der Waals surface area contributed by atoms with E-state index in [9.17, 15) is 0 Å². The maximum Gasteiger partial charge on any atom is 0.225 e. The van der Waals surface area contributed by atoms with Crippen LogP contribution in [-0.4, -0.2) is 22.6 Å². The fraction of sp³-hybridized carbons (Fsp3) is 0.500. The minimum Gasteiger partial charge on any atom is -0.477 e. The highest BCUT2D eigenvalue weighted by molar-refractivity contribution is 6.00. The van der Waals surface area contributed by atoms with E-state index in [1.807, 2.05) is 19.9 Å². The van der Waals surface area contributed by atoms with Gasteiger partial charge in [-0.25, -0.2) is 4.98 Å². The lowest BCUT2D eigenvalue weighted by atomic mass is 10.1. The number of hydrogen-bond acceptors (Lipinski definition) is 4. The van der Waals surface area contributed by atoms with Crippen LogP contribution in [0.3, 0.4) is 0 Å². The van der Waals surface area contributed by atoms with Crippen LogP contribution in [0.4, 0.5) is 0 Å². The van der Waals surface area contributed by atoms with Gasteiger partial charge >= 0.3 is 0 Å². The molecule has 0 fully saturated rings. The molecular formula is C12H19N3O2. The molecule has 0 bridgehead atoms. The molecule has 17 heavy (non-hydrogen) atoms. The number of unbranched alkanes of at least 4 members (excludes halogenated alkanes) is 1. The summed E-state index contributed by atoms with van der Waals surface area (Å²) in [6.07, 6.45) is 1.99. The average Bonchev–Trinajstić information content (AvgIpc) is 2.28. The van der Waals surface area contributed by atoms with Gasteiger partial charge in [0, 0.05) is 5.69 Å². The van der Waals surface area contributed by atoms with Gasteiger partial charge in [0.15, 0.2) is 5.84 Å². The van der Waals surface area contributed by atoms with Crippen LogP contribution in [0.1, 0.15) is 36.6 Å². The topological polar surface area (TPSA) is 80.7 Å². The van der Waals surface area contributed by atoms with E-state index in [1.54, 1.807) is 0 Å². The van der Waals surface area contributed by atoms with E-state index >= 15 is 0 Å². The minimum absolute atomic E-state index is 0.0292. The van der Waals surface area contributed by atoms with Gasteiger partial charge in [0.2, 0.25) is 5.88 Å². The van der Waals surface area contributed by atoms with Gasteiger partial charge in [-0.2, -0.15) is 0 Å². The van der Waals surface area contributed by atoms with Crippen molar-refractivity contribution < 1.29 is 9.94 Å². The van der Waals surface area contributed by atoms with Crippen molar-refractivity contribution in [3.05, 3.63) is 22.9 Å². The summed E-state index contributed by atoms with van der Waals surface area (Å²) >= 11 is 0. The van der Waals surface area contributed by atoms with E-state index in [4.69, 9.17) is 15.7 Å². The molecule has 0 amide bonds. The molecule has 1 aromatic rings. The molecular weight excluding hydrogens is 218 g/mol. The highest BCUT2D eigenvalue weighted by atomic mass is 16.5. The molecule has 0 aliphatic carbocycles. The molecule has 5 nitrogen and oxygen atoms in total. The third-order valence-electron chi connectivity index (χ3n) is 2.41. The molecule has 1 aromatic heterocycles. The first kappa shape index (κ1) is 13.3. The van der Waals surface area contributed by atoms with Crippen LogP contribution >= 0.6 is 0 Å². The number of pyridine rings is 1. The van der Waals surface area contributed by atoms with Crippen LogP contribution in [0.15, 0.2) is 11.2 Å². The number of oxime groups is 1. The molecule has 0 saturated heterocycles. The van der Waals surface area contributed by atoms with Gasteiger partial charge in [-0.05, 0) is 31.9 Å². The van der Waals surface area contributed by atoms with Crippen LogP contribution in [0.25, 0.3) is 0 Å². The molecule has 0 unspecified atom stereocenters. The van der Waals surface area contributed by atoms with Crippen molar-refractivity contribution in [3.8, 4) is 5.88 Å². The second-order valence-electron chi connectivity index (χ2n) is 3.95. The van der Waals surface area contributed by atoms with Gasteiger partial charge in [0.05, 0.1) is 12.2 Å². The van der Waals surface area contributed by atoms with Crippen molar-refractivity contribution in [2.24, 2.45) is 10.9 Å². The maximum atomic E-state index is 8.76. The standard InChI is InChI=1S/C12H19N3O2/c1-4-5-6-17-12-10(11(13)15-16)8(2)7-9(3)14-12/h7,16H,4-6H2,1-3H3,(H2,13,15). The fourth-order valence-corrected chi connectivity index (χ4v) is 1.58. The highest BCUT2D eigenvalue weighted by Crippen LogP contribution is 2.21. The number of rotatable bonds is 5. The van der Waals surface area contributed by atoms with Crippen molar-refractivity contribution in [2.75, 3.05) is 6.61 Å². The number of hydrogen-bond donors (Lipinski definition) is 2. The van der Waals surface area contributed by atoms with Gasteiger partial charge in [-0.3, -0.25) is 0 Å². The van der Waals surface area contributed by atoms with Crippen LogP contribution in [0.5, 0.6) is 5.88 Å². The molecule has 0 atom stereocenters. The zero-order valence-corrected chi connectivity index (χ0v) is 10.5. The molecule has 94 valence electrons. The first-order valence-corrected chi connectivity index (χ1v) is 5.69. The van der Waals surface area contributed by atoms with E-state index in [-0.39, 0.29) is 5.84 Å². The SMILES string of the molecule is CCCCOc1nc(C)cc(C)c1/C(N)=N/O. The molecule has 0 saturated carbocycles. The highest BCUT2D eigenvalue weighted by Gasteiger charge is 2.14. The fourth-order valence-electron chi connectivity index (χ4n) is 1.58. The average molecular weight is 237 g/mol. The van der Waals surface area contributed by atoms with Crippen LogP contribution < -0.4 is 10.5 Å². The summed E-state index contributed by atoms with van der Waals surface area (Å²) in [6.45, 7) is 6.44. The predicted octanol–water partition coefficient (Wildman–Crippen LogP) is 1.97. The lowest BCUT2D eigenvalue weighted by molar-refractivity contribution is 0.294. The van der Waals surface area contributed by atoms with Gasteiger partial charge in [-0.1, -0.05) is 18.5 Å². The first-order valence-electron chi connectivity index (χ1n) is 5.69. The Bertz CT molecular complexity index is 416. The number of aryl methyl sites for hydroxylation is 2. The van der Waals surface area contributed by atoms with Gasteiger partial charge in [0.1, 0.15) is 0 Å². The van der Waals surface area contributed by atoms with E-state index in [2.05, 4.69) is 17.1 Å². The summed E-state index contributed by atoms with van der Waals surface area (Å²) in [7, 11) is 0. The maximum absolute atomic E-state index is 8.76. The lowest BCUT2D eigenvalue weighted by Gasteiger charge is -2.12. The van der Waals surface area contributed by atoms with E-state index in [0.717, 1.165) is 24.1 Å². The van der Waals surface area contributed by atoms with Crippen molar-refractivity contribution >= 4 is 5.84 Å². The first-order chi connectivity index (χ1) is 8.10. The number of amidine groups is 1. The number of nitrogens with zero attached hydrogens (tertiary/aromatic N) is 2. The van der Waals surface area contributed by atoms with E-state index in [0.29, 0.717) is 18.1 Å². The zero-order chi connectivity index (χ0) is 12.8. The van der Waals surface area contributed by atoms with Crippen molar-refractivity contribution in [3.63, 3.8) is 0 Å². The van der Waals surface area contributed by atoms with Crippen LogP contribution in [0.2, 0.25) is 0 Å². The van der Waals surface area contributed by atoms with Gasteiger partial charge in [-0.15, -0.1) is 0 Å². The Balaban J connectivity index is 3.07. The molecule has 1 rings (SSSR count). The summed E-state index contributed by atoms with van der Waals surface area (Å²) in [5.41, 5.74) is 7.93. The molecule has 0 aliphatic heterocycles. The largest absolute Gasteiger partial charge is 0.477 e. The normalized spacial score (nSPS) is 11.6. The number of ether oxygens (including phenoxy) is 1. The van der Waals surface area contributed by atoms with Crippen molar-refractivity contribution in [1.82, 2.24) is 4.98 Å². The van der Waals surface area contributed by atoms with Crippen LogP contribution in [0, 0.1) is 13.8 Å². The third kappa shape index (κ3) is 3.34. The summed E-state index contributed by atoms with van der Waals surface area (Å²) in [4.78, 5) is 4.28.